The van der Waals surface area contributed by atoms with E-state index < -0.39 is 0 Å². The van der Waals surface area contributed by atoms with Crippen molar-refractivity contribution in [3.05, 3.63) is 77.0 Å². The van der Waals surface area contributed by atoms with Gasteiger partial charge in [0.1, 0.15) is 17.9 Å². The lowest BCUT2D eigenvalue weighted by atomic mass is 10.2. The van der Waals surface area contributed by atoms with Crippen molar-refractivity contribution >= 4 is 27.8 Å². The van der Waals surface area contributed by atoms with E-state index >= 15 is 0 Å². The van der Waals surface area contributed by atoms with Crippen LogP contribution in [0.4, 0.5) is 0 Å². The molecule has 0 aliphatic carbocycles. The average Bonchev–Trinajstić information content (AvgIpc) is 3.09. The molecule has 0 aliphatic heterocycles. The van der Waals surface area contributed by atoms with Crippen LogP contribution in [0.2, 0.25) is 0 Å². The van der Waals surface area contributed by atoms with Crippen molar-refractivity contribution < 1.29 is 9.21 Å². The largest absolute Gasteiger partial charge is 0.459 e. The van der Waals surface area contributed by atoms with Crippen LogP contribution in [0.5, 0.6) is 0 Å². The topological polar surface area (TPSA) is 77.1 Å². The highest BCUT2D eigenvalue weighted by Crippen LogP contribution is 2.23. The van der Waals surface area contributed by atoms with Gasteiger partial charge >= 0.3 is 0 Å². The monoisotopic (exact) mass is 347 g/mol. The number of carbonyl (C=O) groups excluding carboxylic acids is 1. The van der Waals surface area contributed by atoms with E-state index in [9.17, 15) is 9.59 Å². The summed E-state index contributed by atoms with van der Waals surface area (Å²) in [5.41, 5.74) is 1.16. The van der Waals surface area contributed by atoms with E-state index in [0.717, 1.165) is 11.0 Å². The molecule has 0 saturated heterocycles. The molecule has 1 N–H and O–H groups in total. The van der Waals surface area contributed by atoms with Gasteiger partial charge in [0.05, 0.1) is 23.3 Å². The van der Waals surface area contributed by atoms with Crippen LogP contribution in [-0.4, -0.2) is 15.5 Å². The van der Waals surface area contributed by atoms with Gasteiger partial charge in [0.2, 0.25) is 5.91 Å². The number of nitrogens with one attached hydrogen (secondary N) is 1. The Morgan fingerprint density at radius 2 is 1.96 bits per heavy atom. The zero-order valence-corrected chi connectivity index (χ0v) is 14.2. The van der Waals surface area contributed by atoms with Gasteiger partial charge in [-0.05, 0) is 31.2 Å². The molecule has 2 aromatic carbocycles. The van der Waals surface area contributed by atoms with Crippen LogP contribution in [-0.2, 0) is 11.3 Å². The Morgan fingerprint density at radius 1 is 1.19 bits per heavy atom. The van der Waals surface area contributed by atoms with Crippen molar-refractivity contribution in [3.8, 4) is 0 Å². The van der Waals surface area contributed by atoms with E-state index in [0.29, 0.717) is 16.7 Å². The number of rotatable bonds is 4. The second kappa shape index (κ2) is 6.48. The van der Waals surface area contributed by atoms with Crippen LogP contribution in [0.25, 0.3) is 21.9 Å². The smallest absolute Gasteiger partial charge is 0.261 e. The lowest BCUT2D eigenvalue weighted by molar-refractivity contribution is -0.122. The number of amides is 1. The molecule has 2 aromatic heterocycles. The molecule has 1 amide bonds. The highest BCUT2D eigenvalue weighted by molar-refractivity contribution is 5.80. The summed E-state index contributed by atoms with van der Waals surface area (Å²) in [4.78, 5) is 29.0. The van der Waals surface area contributed by atoms with E-state index in [1.807, 2.05) is 43.3 Å². The van der Waals surface area contributed by atoms with E-state index in [1.54, 1.807) is 18.2 Å². The Labute approximate surface area is 149 Å². The molecule has 0 radical (unpaired) electrons. The van der Waals surface area contributed by atoms with Crippen LogP contribution < -0.4 is 10.9 Å². The predicted molar refractivity (Wildman–Crippen MR) is 98.8 cm³/mol. The third-order valence-electron chi connectivity index (χ3n) is 4.29. The number of nitrogens with zero attached hydrogens (tertiary/aromatic N) is 2. The maximum Gasteiger partial charge on any atom is 0.261 e. The van der Waals surface area contributed by atoms with Gasteiger partial charge < -0.3 is 9.73 Å². The van der Waals surface area contributed by atoms with Crippen molar-refractivity contribution in [3.63, 3.8) is 0 Å². The third-order valence-corrected chi connectivity index (χ3v) is 4.29. The molecule has 0 aliphatic rings. The van der Waals surface area contributed by atoms with Crippen LogP contribution in [0.1, 0.15) is 18.7 Å². The van der Waals surface area contributed by atoms with Crippen molar-refractivity contribution in [2.45, 2.75) is 19.5 Å². The third kappa shape index (κ3) is 2.97. The van der Waals surface area contributed by atoms with E-state index in [2.05, 4.69) is 10.3 Å². The fraction of sp³-hybridized carbons (Fsp3) is 0.150. The van der Waals surface area contributed by atoms with Crippen molar-refractivity contribution in [2.24, 2.45) is 0 Å². The van der Waals surface area contributed by atoms with Gasteiger partial charge in [0.25, 0.3) is 5.56 Å². The Morgan fingerprint density at radius 3 is 2.81 bits per heavy atom. The van der Waals surface area contributed by atoms with Gasteiger partial charge in [-0.2, -0.15) is 0 Å². The summed E-state index contributed by atoms with van der Waals surface area (Å²) in [5.74, 6) is 0.390. The zero-order valence-electron chi connectivity index (χ0n) is 14.2. The lowest BCUT2D eigenvalue weighted by Crippen LogP contribution is -2.33. The molecule has 6 nitrogen and oxygen atoms in total. The Hall–Kier alpha value is -3.41. The molecule has 4 aromatic rings. The first-order valence-corrected chi connectivity index (χ1v) is 8.34. The number of carbonyl (C=O) groups is 1. The Balaban J connectivity index is 1.51. The molecule has 0 fully saturated rings. The SMILES string of the molecule is C[C@H](NC(=O)Cn1cnc2ccccc2c1=O)c1cc2ccccc2o1. The summed E-state index contributed by atoms with van der Waals surface area (Å²) in [6, 6.07) is 16.3. The normalized spacial score (nSPS) is 12.3. The molecule has 0 spiro atoms. The van der Waals surface area contributed by atoms with Gasteiger partial charge in [-0.1, -0.05) is 30.3 Å². The van der Waals surface area contributed by atoms with Gasteiger partial charge in [-0.3, -0.25) is 14.2 Å². The molecule has 0 saturated carbocycles. The average molecular weight is 347 g/mol. The maximum atomic E-state index is 12.5. The Kier molecular flexibility index (Phi) is 4.01. The van der Waals surface area contributed by atoms with Crippen molar-refractivity contribution in [2.75, 3.05) is 0 Å². The van der Waals surface area contributed by atoms with Crippen LogP contribution in [0.15, 0.2) is 70.1 Å². The molecular formula is C20H17N3O3. The first-order chi connectivity index (χ1) is 12.6. The summed E-state index contributed by atoms with van der Waals surface area (Å²) in [6.07, 6.45) is 1.40. The molecular weight excluding hydrogens is 330 g/mol. The summed E-state index contributed by atoms with van der Waals surface area (Å²) in [6.45, 7) is 1.75. The number of fused-ring (bicyclic) bond motifs is 2. The molecule has 1 atom stereocenters. The predicted octanol–water partition coefficient (Wildman–Crippen LogP) is 3.02. The van der Waals surface area contributed by atoms with E-state index in [-0.39, 0.29) is 24.1 Å². The van der Waals surface area contributed by atoms with Gasteiger partial charge in [-0.15, -0.1) is 0 Å². The second-order valence-electron chi connectivity index (χ2n) is 6.17. The van der Waals surface area contributed by atoms with E-state index in [1.165, 1.54) is 10.9 Å². The summed E-state index contributed by atoms with van der Waals surface area (Å²) < 4.78 is 7.08. The summed E-state index contributed by atoms with van der Waals surface area (Å²) in [5, 5.41) is 4.34. The fourth-order valence-corrected chi connectivity index (χ4v) is 2.95. The molecule has 4 rings (SSSR count). The molecule has 0 bridgehead atoms. The van der Waals surface area contributed by atoms with Crippen molar-refractivity contribution in [1.82, 2.24) is 14.9 Å². The number of furan rings is 1. The molecule has 26 heavy (non-hydrogen) atoms. The van der Waals surface area contributed by atoms with Gasteiger partial charge in [-0.25, -0.2) is 4.98 Å². The summed E-state index contributed by atoms with van der Waals surface area (Å²) >= 11 is 0. The van der Waals surface area contributed by atoms with Crippen LogP contribution >= 0.6 is 0 Å². The minimum atomic E-state index is -0.306. The van der Waals surface area contributed by atoms with Gasteiger partial charge in [0, 0.05) is 5.39 Å². The number of para-hydroxylation sites is 2. The number of hydrogen-bond acceptors (Lipinski definition) is 4. The lowest BCUT2D eigenvalue weighted by Gasteiger charge is -2.12. The van der Waals surface area contributed by atoms with Gasteiger partial charge in [0.15, 0.2) is 0 Å². The standard InChI is InChI=1S/C20H17N3O3/c1-13(18-10-14-6-2-5-9-17(14)26-18)22-19(24)11-23-12-21-16-8-4-3-7-15(16)20(23)25/h2-10,12-13H,11H2,1H3,(H,22,24)/t13-/m0/s1. The first kappa shape index (κ1) is 16.1. The number of benzene rings is 2. The van der Waals surface area contributed by atoms with Crippen molar-refractivity contribution in [1.29, 1.82) is 0 Å². The minimum absolute atomic E-state index is 0.0960. The highest BCUT2D eigenvalue weighted by Gasteiger charge is 2.15. The minimum Gasteiger partial charge on any atom is -0.459 e. The number of hydrogen-bond donors (Lipinski definition) is 1. The first-order valence-electron chi connectivity index (χ1n) is 8.34. The highest BCUT2D eigenvalue weighted by atomic mass is 16.3. The fourth-order valence-electron chi connectivity index (χ4n) is 2.95. The van der Waals surface area contributed by atoms with Crippen LogP contribution in [0.3, 0.4) is 0 Å². The maximum absolute atomic E-state index is 12.5. The zero-order chi connectivity index (χ0) is 18.1. The quantitative estimate of drug-likeness (QED) is 0.616. The van der Waals surface area contributed by atoms with E-state index in [4.69, 9.17) is 4.42 Å². The second-order valence-corrected chi connectivity index (χ2v) is 6.17. The molecule has 6 heteroatoms. The Bertz CT molecular complexity index is 1130. The summed E-state index contributed by atoms with van der Waals surface area (Å²) in [7, 11) is 0. The molecule has 0 unspecified atom stereocenters. The van der Waals surface area contributed by atoms with Crippen LogP contribution in [0, 0.1) is 0 Å². The molecule has 130 valence electrons. The number of aromatic nitrogens is 2. The molecule has 2 heterocycles.